The van der Waals surface area contributed by atoms with Gasteiger partial charge in [-0.25, -0.2) is 4.79 Å². The van der Waals surface area contributed by atoms with Crippen LogP contribution in [0, 0.1) is 0 Å². The van der Waals surface area contributed by atoms with Crippen LogP contribution in [0.1, 0.15) is 0 Å². The van der Waals surface area contributed by atoms with Crippen molar-refractivity contribution in [3.05, 3.63) is 0 Å². The second-order valence-corrected chi connectivity index (χ2v) is 5.32. The van der Waals surface area contributed by atoms with Crippen molar-refractivity contribution in [2.75, 3.05) is 13.2 Å². The van der Waals surface area contributed by atoms with Gasteiger partial charge < -0.3 is 55.4 Å². The van der Waals surface area contributed by atoms with Crippen molar-refractivity contribution in [1.29, 1.82) is 0 Å². The van der Waals surface area contributed by atoms with Gasteiger partial charge in [-0.05, 0) is 0 Å². The second-order valence-electron chi connectivity index (χ2n) is 5.32. The molecule has 1 saturated heterocycles. The van der Waals surface area contributed by atoms with Crippen molar-refractivity contribution in [1.82, 2.24) is 0 Å². The molecule has 9 atom stereocenters. The summed E-state index contributed by atoms with van der Waals surface area (Å²) in [7, 11) is 0. The third-order valence-electron chi connectivity index (χ3n) is 3.62. The van der Waals surface area contributed by atoms with Crippen LogP contribution in [0.2, 0.25) is 0 Å². The van der Waals surface area contributed by atoms with Crippen molar-refractivity contribution in [3.63, 3.8) is 0 Å². The molecule has 24 heavy (non-hydrogen) atoms. The lowest BCUT2D eigenvalue weighted by Crippen LogP contribution is -2.61. The summed E-state index contributed by atoms with van der Waals surface area (Å²) in [5, 5.41) is 84.5. The van der Waals surface area contributed by atoms with E-state index in [0.717, 1.165) is 0 Å². The van der Waals surface area contributed by atoms with E-state index >= 15 is 0 Å². The Kier molecular flexibility index (Phi) is 7.88. The molecular formula is C12H22O12. The normalized spacial score (nSPS) is 35.9. The molecule has 1 aliphatic rings. The maximum Gasteiger partial charge on any atom is 0.335 e. The minimum absolute atomic E-state index is 0.766. The first kappa shape index (κ1) is 21.1. The Hall–Kier alpha value is -0.930. The summed E-state index contributed by atoms with van der Waals surface area (Å²) in [6, 6.07) is 0. The quantitative estimate of drug-likeness (QED) is 0.198. The summed E-state index contributed by atoms with van der Waals surface area (Å²) in [6.45, 7) is -1.76. The van der Waals surface area contributed by atoms with E-state index in [0.29, 0.717) is 0 Å². The monoisotopic (exact) mass is 358 g/mol. The van der Waals surface area contributed by atoms with Gasteiger partial charge in [0.25, 0.3) is 0 Å². The predicted octanol–water partition coefficient (Wildman–Crippen LogP) is -5.67. The van der Waals surface area contributed by atoms with E-state index in [1.54, 1.807) is 0 Å². The molecule has 0 aromatic carbocycles. The number of rotatable bonds is 8. The zero-order valence-corrected chi connectivity index (χ0v) is 12.4. The molecule has 0 amide bonds. The van der Waals surface area contributed by atoms with Gasteiger partial charge in [0.2, 0.25) is 0 Å². The van der Waals surface area contributed by atoms with E-state index < -0.39 is 74.3 Å². The molecule has 0 radical (unpaired) electrons. The van der Waals surface area contributed by atoms with Gasteiger partial charge in [-0.3, -0.25) is 0 Å². The molecule has 12 heteroatoms. The Balaban J connectivity index is 2.94. The first-order valence-electron chi connectivity index (χ1n) is 6.99. The van der Waals surface area contributed by atoms with Crippen molar-refractivity contribution >= 4 is 5.97 Å². The molecule has 0 aromatic heterocycles. The van der Waals surface area contributed by atoms with Crippen molar-refractivity contribution in [3.8, 4) is 0 Å². The van der Waals surface area contributed by atoms with Gasteiger partial charge in [-0.1, -0.05) is 0 Å². The largest absolute Gasteiger partial charge is 0.479 e. The number of aliphatic hydroxyl groups excluding tert-OH is 8. The Bertz CT molecular complexity index is 403. The third-order valence-corrected chi connectivity index (χ3v) is 3.62. The number of aliphatic hydroxyl groups is 8. The van der Waals surface area contributed by atoms with Gasteiger partial charge >= 0.3 is 5.97 Å². The molecule has 0 aliphatic carbocycles. The van der Waals surface area contributed by atoms with Crippen molar-refractivity contribution < 1.29 is 60.2 Å². The summed E-state index contributed by atoms with van der Waals surface area (Å²) in [4.78, 5) is 10.7. The molecule has 0 unspecified atom stereocenters. The maximum atomic E-state index is 10.7. The minimum Gasteiger partial charge on any atom is -0.479 e. The highest BCUT2D eigenvalue weighted by Crippen LogP contribution is 2.24. The van der Waals surface area contributed by atoms with Crippen LogP contribution in [0.4, 0.5) is 0 Å². The summed E-state index contributed by atoms with van der Waals surface area (Å²) >= 11 is 0. The molecular weight excluding hydrogens is 336 g/mol. The summed E-state index contributed by atoms with van der Waals surface area (Å²) < 4.78 is 9.98. The highest BCUT2D eigenvalue weighted by Gasteiger charge is 2.47. The van der Waals surface area contributed by atoms with Crippen LogP contribution in [-0.4, -0.2) is 120 Å². The van der Waals surface area contributed by atoms with Gasteiger partial charge in [-0.2, -0.15) is 0 Å². The fraction of sp³-hybridized carbons (Fsp3) is 0.917. The van der Waals surface area contributed by atoms with Gasteiger partial charge in [0, 0.05) is 0 Å². The number of aliphatic carboxylic acids is 1. The lowest BCUT2D eigenvalue weighted by atomic mass is 9.98. The molecule has 1 aliphatic heterocycles. The zero-order chi connectivity index (χ0) is 18.6. The standard InChI is InChI=1S/C12H22O12/c13-1-3(15)10(7(18)8(19)11(21)22)24-12-9(20)6(17)5(16)4(2-14)23-12/h3-10,12-20H,1-2H2,(H,21,22)/t3-,4+,5-,6+,7-,8+,9+,10-,12-/m1/s1. The van der Waals surface area contributed by atoms with Crippen LogP contribution in [0.15, 0.2) is 0 Å². The number of carbonyl (C=O) groups is 1. The number of hydrogen-bond donors (Lipinski definition) is 9. The van der Waals surface area contributed by atoms with E-state index in [-0.39, 0.29) is 0 Å². The third kappa shape index (κ3) is 4.58. The molecule has 9 N–H and O–H groups in total. The molecule has 1 heterocycles. The molecule has 0 aromatic rings. The highest BCUT2D eigenvalue weighted by molar-refractivity contribution is 5.72. The molecule has 1 fully saturated rings. The average Bonchev–Trinajstić information content (AvgIpc) is 2.57. The Morgan fingerprint density at radius 3 is 2.08 bits per heavy atom. The van der Waals surface area contributed by atoms with Crippen LogP contribution in [0.25, 0.3) is 0 Å². The smallest absolute Gasteiger partial charge is 0.335 e. The molecule has 12 nitrogen and oxygen atoms in total. The maximum absolute atomic E-state index is 10.7. The van der Waals surface area contributed by atoms with E-state index in [2.05, 4.69) is 0 Å². The highest BCUT2D eigenvalue weighted by atomic mass is 16.7. The van der Waals surface area contributed by atoms with Crippen LogP contribution >= 0.6 is 0 Å². The van der Waals surface area contributed by atoms with Gasteiger partial charge in [0.1, 0.15) is 42.7 Å². The summed E-state index contributed by atoms with van der Waals surface area (Å²) in [5.74, 6) is -1.84. The predicted molar refractivity (Wildman–Crippen MR) is 71.4 cm³/mol. The first-order chi connectivity index (χ1) is 11.1. The Morgan fingerprint density at radius 1 is 1.04 bits per heavy atom. The fourth-order valence-corrected chi connectivity index (χ4v) is 2.16. The van der Waals surface area contributed by atoms with E-state index in [1.807, 2.05) is 0 Å². The van der Waals surface area contributed by atoms with Crippen molar-refractivity contribution in [2.45, 2.75) is 55.1 Å². The van der Waals surface area contributed by atoms with Gasteiger partial charge in [0.15, 0.2) is 12.4 Å². The van der Waals surface area contributed by atoms with Gasteiger partial charge in [0.05, 0.1) is 13.2 Å². The number of hydrogen-bond acceptors (Lipinski definition) is 11. The molecule has 142 valence electrons. The first-order valence-corrected chi connectivity index (χ1v) is 6.99. The molecule has 0 spiro atoms. The Morgan fingerprint density at radius 2 is 1.62 bits per heavy atom. The lowest BCUT2D eigenvalue weighted by molar-refractivity contribution is -0.326. The van der Waals surface area contributed by atoms with Gasteiger partial charge in [-0.15, -0.1) is 0 Å². The number of ether oxygens (including phenoxy) is 2. The van der Waals surface area contributed by atoms with E-state index in [1.165, 1.54) is 0 Å². The molecule has 1 rings (SSSR count). The van der Waals surface area contributed by atoms with Crippen LogP contribution in [-0.2, 0) is 14.3 Å². The number of carboxylic acids is 1. The Labute approximate surface area is 135 Å². The van der Waals surface area contributed by atoms with E-state index in [9.17, 15) is 35.4 Å². The van der Waals surface area contributed by atoms with Crippen LogP contribution in [0.3, 0.4) is 0 Å². The summed E-state index contributed by atoms with van der Waals surface area (Å²) in [5.41, 5.74) is 0. The summed E-state index contributed by atoms with van der Waals surface area (Å²) in [6.07, 6.45) is -16.9. The van der Waals surface area contributed by atoms with Crippen LogP contribution in [0.5, 0.6) is 0 Å². The van der Waals surface area contributed by atoms with Crippen molar-refractivity contribution in [2.24, 2.45) is 0 Å². The SMILES string of the molecule is O=C(O)[C@@H](O)[C@@H](O)[C@H](O[C@H]1O[C@@H](CO)[C@@H](O)[C@H](O)[C@@H]1O)[C@H](O)CO. The molecule has 0 saturated carbocycles. The molecule has 0 bridgehead atoms. The topological polar surface area (TPSA) is 218 Å². The number of carboxylic acid groups (broad SMARTS) is 1. The zero-order valence-electron chi connectivity index (χ0n) is 12.4. The lowest BCUT2D eigenvalue weighted by Gasteiger charge is -2.42. The fourth-order valence-electron chi connectivity index (χ4n) is 2.16. The van der Waals surface area contributed by atoms with E-state index in [4.69, 9.17) is 24.8 Å². The van der Waals surface area contributed by atoms with Crippen LogP contribution < -0.4 is 0 Å². The minimum atomic E-state index is -2.39. The second kappa shape index (κ2) is 8.96. The average molecular weight is 358 g/mol.